The van der Waals surface area contributed by atoms with Crippen LogP contribution < -0.4 is 5.32 Å². The van der Waals surface area contributed by atoms with Gasteiger partial charge in [-0.1, -0.05) is 18.6 Å². The molecular formula is C15H23IN2. The first-order valence-electron chi connectivity index (χ1n) is 6.88. The molecule has 2 unspecified atom stereocenters. The highest BCUT2D eigenvalue weighted by Crippen LogP contribution is 2.28. The van der Waals surface area contributed by atoms with Crippen molar-refractivity contribution in [2.75, 3.05) is 20.1 Å². The van der Waals surface area contributed by atoms with Gasteiger partial charge in [0.15, 0.2) is 0 Å². The lowest BCUT2D eigenvalue weighted by molar-refractivity contribution is 0.103. The van der Waals surface area contributed by atoms with Crippen molar-refractivity contribution in [3.63, 3.8) is 0 Å². The number of likely N-dealkylation sites (N-methyl/N-ethyl adjacent to an activating group) is 1. The Balaban J connectivity index is 2.09. The van der Waals surface area contributed by atoms with E-state index in [-0.39, 0.29) is 0 Å². The van der Waals surface area contributed by atoms with E-state index < -0.39 is 0 Å². The van der Waals surface area contributed by atoms with Crippen molar-refractivity contribution >= 4 is 22.6 Å². The fraction of sp³-hybridized carbons (Fsp3) is 0.600. The first-order chi connectivity index (χ1) is 8.72. The van der Waals surface area contributed by atoms with Crippen LogP contribution in [0.15, 0.2) is 24.3 Å². The van der Waals surface area contributed by atoms with E-state index in [0.29, 0.717) is 12.1 Å². The summed E-state index contributed by atoms with van der Waals surface area (Å²) in [6, 6.07) is 10.2. The highest BCUT2D eigenvalue weighted by molar-refractivity contribution is 14.1. The van der Waals surface area contributed by atoms with Crippen LogP contribution in [0.3, 0.4) is 0 Å². The molecule has 2 atom stereocenters. The van der Waals surface area contributed by atoms with Crippen LogP contribution in [0.25, 0.3) is 0 Å². The van der Waals surface area contributed by atoms with Gasteiger partial charge in [0.05, 0.1) is 0 Å². The summed E-state index contributed by atoms with van der Waals surface area (Å²) in [6.45, 7) is 4.68. The van der Waals surface area contributed by atoms with Crippen LogP contribution in [0.4, 0.5) is 0 Å². The lowest BCUT2D eigenvalue weighted by atomic mass is 9.97. The van der Waals surface area contributed by atoms with Gasteiger partial charge in [-0.05, 0) is 73.6 Å². The van der Waals surface area contributed by atoms with Crippen molar-refractivity contribution < 1.29 is 0 Å². The van der Waals surface area contributed by atoms with E-state index in [0.717, 1.165) is 6.54 Å². The molecule has 1 fully saturated rings. The lowest BCUT2D eigenvalue weighted by Gasteiger charge is -2.40. The van der Waals surface area contributed by atoms with Crippen LogP contribution in [-0.4, -0.2) is 31.1 Å². The molecule has 0 bridgehead atoms. The number of hydrogen-bond donors (Lipinski definition) is 1. The molecule has 1 aromatic carbocycles. The Morgan fingerprint density at radius 2 is 2.06 bits per heavy atom. The summed E-state index contributed by atoms with van der Waals surface area (Å²) in [5.41, 5.74) is 1.44. The van der Waals surface area contributed by atoms with E-state index in [1.807, 2.05) is 0 Å². The summed E-state index contributed by atoms with van der Waals surface area (Å²) in [7, 11) is 2.06. The smallest absolute Gasteiger partial charge is 0.0323 e. The molecule has 3 heteroatoms. The Morgan fingerprint density at radius 1 is 1.33 bits per heavy atom. The van der Waals surface area contributed by atoms with Crippen molar-refractivity contribution in [3.8, 4) is 0 Å². The maximum absolute atomic E-state index is 3.34. The zero-order valence-electron chi connectivity index (χ0n) is 11.3. The molecule has 2 nitrogen and oxygen atoms in total. The summed E-state index contributed by atoms with van der Waals surface area (Å²) >= 11 is 2.37. The van der Waals surface area contributed by atoms with E-state index in [9.17, 15) is 0 Å². The highest BCUT2D eigenvalue weighted by Gasteiger charge is 2.26. The molecule has 0 radical (unpaired) electrons. The van der Waals surface area contributed by atoms with E-state index in [2.05, 4.69) is 71.0 Å². The minimum absolute atomic E-state index is 0.528. The molecule has 0 aromatic heterocycles. The molecule has 1 heterocycles. The number of halogens is 1. The summed E-state index contributed by atoms with van der Waals surface area (Å²) in [4.78, 5) is 2.67. The summed E-state index contributed by atoms with van der Waals surface area (Å²) < 4.78 is 1.31. The van der Waals surface area contributed by atoms with Crippen molar-refractivity contribution in [3.05, 3.63) is 33.4 Å². The molecule has 1 aliphatic rings. The molecule has 0 amide bonds. The van der Waals surface area contributed by atoms with Crippen molar-refractivity contribution in [2.45, 2.75) is 38.3 Å². The molecule has 18 heavy (non-hydrogen) atoms. The standard InChI is InChI=1S/C15H23IN2/c1-12(13-6-8-14(16)9-7-13)18-10-4-3-5-15(18)11-17-2/h6-9,12,15,17H,3-5,10-11H2,1-2H3. The van der Waals surface area contributed by atoms with Gasteiger partial charge in [-0.3, -0.25) is 4.90 Å². The summed E-state index contributed by atoms with van der Waals surface area (Å²) in [6.07, 6.45) is 4.05. The Bertz CT molecular complexity index is 361. The lowest BCUT2D eigenvalue weighted by Crippen LogP contribution is -2.45. The molecule has 1 saturated heterocycles. The number of rotatable bonds is 4. The number of likely N-dealkylation sites (tertiary alicyclic amines) is 1. The molecule has 0 saturated carbocycles. The third-order valence-electron chi connectivity index (χ3n) is 3.96. The summed E-state index contributed by atoms with van der Waals surface area (Å²) in [5, 5.41) is 3.34. The number of nitrogens with zero attached hydrogens (tertiary/aromatic N) is 1. The Morgan fingerprint density at radius 3 is 2.72 bits per heavy atom. The highest BCUT2D eigenvalue weighted by atomic mass is 127. The fourth-order valence-electron chi connectivity index (χ4n) is 2.92. The van der Waals surface area contributed by atoms with Gasteiger partial charge in [-0.25, -0.2) is 0 Å². The summed E-state index contributed by atoms with van der Waals surface area (Å²) in [5.74, 6) is 0. The van der Waals surface area contributed by atoms with Crippen molar-refractivity contribution in [1.29, 1.82) is 0 Å². The van der Waals surface area contributed by atoms with Gasteiger partial charge in [-0.2, -0.15) is 0 Å². The maximum atomic E-state index is 3.34. The van der Waals surface area contributed by atoms with Crippen LogP contribution >= 0.6 is 22.6 Å². The monoisotopic (exact) mass is 358 g/mol. The quantitative estimate of drug-likeness (QED) is 0.830. The maximum Gasteiger partial charge on any atom is 0.0323 e. The van der Waals surface area contributed by atoms with Gasteiger partial charge < -0.3 is 5.32 Å². The van der Waals surface area contributed by atoms with E-state index in [1.54, 1.807) is 0 Å². The van der Waals surface area contributed by atoms with Gasteiger partial charge in [0.2, 0.25) is 0 Å². The van der Waals surface area contributed by atoms with E-state index >= 15 is 0 Å². The number of hydrogen-bond acceptors (Lipinski definition) is 2. The van der Waals surface area contributed by atoms with Gasteiger partial charge >= 0.3 is 0 Å². The number of benzene rings is 1. The normalized spacial score (nSPS) is 22.9. The average Bonchev–Trinajstić information content (AvgIpc) is 2.40. The molecule has 1 aromatic rings. The molecule has 1 aliphatic heterocycles. The van der Waals surface area contributed by atoms with Gasteiger partial charge in [-0.15, -0.1) is 0 Å². The first-order valence-corrected chi connectivity index (χ1v) is 7.96. The van der Waals surface area contributed by atoms with Crippen LogP contribution in [0.5, 0.6) is 0 Å². The van der Waals surface area contributed by atoms with E-state index in [1.165, 1.54) is 34.9 Å². The molecule has 0 spiro atoms. The second kappa shape index (κ2) is 6.87. The van der Waals surface area contributed by atoms with Gasteiger partial charge in [0.25, 0.3) is 0 Å². The Labute approximate surface area is 124 Å². The molecule has 2 rings (SSSR count). The molecule has 1 N–H and O–H groups in total. The SMILES string of the molecule is CNCC1CCCCN1C(C)c1ccc(I)cc1. The Hall–Kier alpha value is -0.130. The van der Waals surface area contributed by atoms with Gasteiger partial charge in [0.1, 0.15) is 0 Å². The predicted molar refractivity (Wildman–Crippen MR) is 85.8 cm³/mol. The van der Waals surface area contributed by atoms with E-state index in [4.69, 9.17) is 0 Å². The minimum atomic E-state index is 0.528. The van der Waals surface area contributed by atoms with Gasteiger partial charge in [0, 0.05) is 22.2 Å². The first kappa shape index (κ1) is 14.3. The Kier molecular flexibility index (Phi) is 5.45. The zero-order valence-corrected chi connectivity index (χ0v) is 13.5. The average molecular weight is 358 g/mol. The fourth-order valence-corrected chi connectivity index (χ4v) is 3.28. The van der Waals surface area contributed by atoms with Crippen LogP contribution in [0, 0.1) is 3.57 Å². The largest absolute Gasteiger partial charge is 0.318 e. The topological polar surface area (TPSA) is 15.3 Å². The van der Waals surface area contributed by atoms with Crippen LogP contribution in [0.1, 0.15) is 37.8 Å². The minimum Gasteiger partial charge on any atom is -0.318 e. The van der Waals surface area contributed by atoms with Crippen molar-refractivity contribution in [2.24, 2.45) is 0 Å². The number of nitrogens with one attached hydrogen (secondary N) is 1. The predicted octanol–water partition coefficient (Wildman–Crippen LogP) is 3.43. The molecule has 0 aliphatic carbocycles. The van der Waals surface area contributed by atoms with Crippen LogP contribution in [-0.2, 0) is 0 Å². The number of piperidine rings is 1. The zero-order chi connectivity index (χ0) is 13.0. The third kappa shape index (κ3) is 3.45. The molecule has 100 valence electrons. The third-order valence-corrected chi connectivity index (χ3v) is 4.68. The second-order valence-electron chi connectivity index (χ2n) is 5.17. The molecular weight excluding hydrogens is 335 g/mol. The second-order valence-corrected chi connectivity index (χ2v) is 6.42. The van der Waals surface area contributed by atoms with Crippen molar-refractivity contribution in [1.82, 2.24) is 10.2 Å². The van der Waals surface area contributed by atoms with Crippen LogP contribution in [0.2, 0.25) is 0 Å².